The van der Waals surface area contributed by atoms with Gasteiger partial charge in [0.15, 0.2) is 5.43 Å². The van der Waals surface area contributed by atoms with Crippen LogP contribution in [-0.4, -0.2) is 44.1 Å². The molecule has 0 fully saturated rings. The maximum atomic E-state index is 11.8. The zero-order chi connectivity index (χ0) is 18.3. The van der Waals surface area contributed by atoms with Gasteiger partial charge < -0.3 is 19.7 Å². The van der Waals surface area contributed by atoms with E-state index in [4.69, 9.17) is 9.94 Å². The van der Waals surface area contributed by atoms with E-state index in [1.165, 1.54) is 31.2 Å². The Labute approximate surface area is 139 Å². The first-order valence-corrected chi connectivity index (χ1v) is 6.90. The van der Waals surface area contributed by atoms with Crippen LogP contribution in [0.3, 0.4) is 0 Å². The Morgan fingerprint density at radius 1 is 1.21 bits per heavy atom. The highest BCUT2D eigenvalue weighted by atomic mass is 16.6. The Morgan fingerprint density at radius 2 is 1.75 bits per heavy atom. The Hall–Kier alpha value is -2.84. The molecule has 3 N–H and O–H groups in total. The van der Waals surface area contributed by atoms with Crippen molar-refractivity contribution in [3.8, 4) is 11.3 Å². The van der Waals surface area contributed by atoms with E-state index in [1.807, 2.05) is 43.3 Å². The van der Waals surface area contributed by atoms with Gasteiger partial charge in [0.25, 0.3) is 0 Å². The SMILES string of the molecule is CON.COn1cc(C(=O)O)c(=O)cc1-c1ccc(N(C)C)cc1. The molecule has 0 radical (unpaired) electrons. The number of hydrogen-bond acceptors (Lipinski definition) is 6. The normalized spacial score (nSPS) is 9.71. The molecule has 0 atom stereocenters. The van der Waals surface area contributed by atoms with E-state index < -0.39 is 11.4 Å². The molecule has 2 rings (SSSR count). The van der Waals surface area contributed by atoms with Crippen LogP contribution in [0.4, 0.5) is 5.69 Å². The summed E-state index contributed by atoms with van der Waals surface area (Å²) in [5, 5.41) is 8.97. The molecule has 24 heavy (non-hydrogen) atoms. The third-order valence-electron chi connectivity index (χ3n) is 3.12. The number of carboxylic acid groups (broad SMARTS) is 1. The van der Waals surface area contributed by atoms with E-state index in [1.54, 1.807) is 0 Å². The van der Waals surface area contributed by atoms with E-state index >= 15 is 0 Å². The van der Waals surface area contributed by atoms with Crippen molar-refractivity contribution in [1.29, 1.82) is 0 Å². The predicted octanol–water partition coefficient (Wildman–Crippen LogP) is 0.844. The number of nitrogens with zero attached hydrogens (tertiary/aromatic N) is 2. The molecule has 0 aliphatic rings. The van der Waals surface area contributed by atoms with Crippen molar-refractivity contribution in [3.63, 3.8) is 0 Å². The monoisotopic (exact) mass is 335 g/mol. The summed E-state index contributed by atoms with van der Waals surface area (Å²) >= 11 is 0. The summed E-state index contributed by atoms with van der Waals surface area (Å²) in [4.78, 5) is 33.7. The van der Waals surface area contributed by atoms with Gasteiger partial charge in [-0.3, -0.25) is 4.79 Å². The lowest BCUT2D eigenvalue weighted by Gasteiger charge is -2.15. The van der Waals surface area contributed by atoms with Crippen LogP contribution in [0.2, 0.25) is 0 Å². The number of carbonyl (C=O) groups is 1. The van der Waals surface area contributed by atoms with Crippen LogP contribution in [0.15, 0.2) is 41.3 Å². The highest BCUT2D eigenvalue weighted by Crippen LogP contribution is 2.21. The van der Waals surface area contributed by atoms with Gasteiger partial charge in [-0.15, -0.1) is 0 Å². The first-order valence-electron chi connectivity index (χ1n) is 6.90. The molecule has 0 spiro atoms. The quantitative estimate of drug-likeness (QED) is 0.797. The second-order valence-corrected chi connectivity index (χ2v) is 4.93. The lowest BCUT2D eigenvalue weighted by atomic mass is 10.1. The Morgan fingerprint density at radius 3 is 2.17 bits per heavy atom. The number of hydrogen-bond donors (Lipinski definition) is 2. The summed E-state index contributed by atoms with van der Waals surface area (Å²) in [6.07, 6.45) is 1.18. The third-order valence-corrected chi connectivity index (χ3v) is 3.12. The molecule has 0 saturated heterocycles. The van der Waals surface area contributed by atoms with Gasteiger partial charge in [-0.1, -0.05) is 12.1 Å². The van der Waals surface area contributed by atoms with Crippen molar-refractivity contribution in [2.45, 2.75) is 0 Å². The van der Waals surface area contributed by atoms with Crippen molar-refractivity contribution in [3.05, 3.63) is 52.3 Å². The third kappa shape index (κ3) is 4.58. The molecule has 1 aromatic heterocycles. The molecule has 0 saturated carbocycles. The number of aromatic nitrogens is 1. The van der Waals surface area contributed by atoms with Crippen LogP contribution < -0.4 is 21.1 Å². The van der Waals surface area contributed by atoms with Crippen LogP contribution in [0.5, 0.6) is 0 Å². The average Bonchev–Trinajstić information content (AvgIpc) is 2.55. The van der Waals surface area contributed by atoms with E-state index in [0.717, 1.165) is 11.3 Å². The van der Waals surface area contributed by atoms with Gasteiger partial charge in [0.05, 0.1) is 19.0 Å². The smallest absolute Gasteiger partial charge is 0.341 e. The summed E-state index contributed by atoms with van der Waals surface area (Å²) in [6.45, 7) is 0. The molecule has 1 aromatic carbocycles. The minimum absolute atomic E-state index is 0.328. The van der Waals surface area contributed by atoms with Crippen LogP contribution in [0.25, 0.3) is 11.3 Å². The fourth-order valence-electron chi connectivity index (χ4n) is 1.97. The largest absolute Gasteiger partial charge is 0.477 e. The van der Waals surface area contributed by atoms with Gasteiger partial charge in [0, 0.05) is 31.4 Å². The second-order valence-electron chi connectivity index (χ2n) is 4.93. The Kier molecular flexibility index (Phi) is 6.97. The summed E-state index contributed by atoms with van der Waals surface area (Å²) in [5.41, 5.74) is 1.40. The second kappa shape index (κ2) is 8.70. The number of nitrogens with two attached hydrogens (primary N) is 1. The fourth-order valence-corrected chi connectivity index (χ4v) is 1.97. The minimum Gasteiger partial charge on any atom is -0.477 e. The van der Waals surface area contributed by atoms with E-state index in [9.17, 15) is 9.59 Å². The van der Waals surface area contributed by atoms with Crippen molar-refractivity contribution in [1.82, 2.24) is 4.73 Å². The first kappa shape index (κ1) is 19.2. The summed E-state index contributed by atoms with van der Waals surface area (Å²) in [5.74, 6) is 3.07. The molecule has 2 aromatic rings. The van der Waals surface area contributed by atoms with Crippen molar-refractivity contribution >= 4 is 11.7 Å². The van der Waals surface area contributed by atoms with Gasteiger partial charge >= 0.3 is 5.97 Å². The van der Waals surface area contributed by atoms with Crippen molar-refractivity contribution < 1.29 is 19.6 Å². The number of rotatable bonds is 4. The van der Waals surface area contributed by atoms with Crippen molar-refractivity contribution in [2.24, 2.45) is 5.90 Å². The molecule has 1 heterocycles. The van der Waals surface area contributed by atoms with E-state index in [2.05, 4.69) is 10.7 Å². The minimum atomic E-state index is -1.28. The maximum Gasteiger partial charge on any atom is 0.341 e. The first-order chi connectivity index (χ1) is 11.3. The fraction of sp³-hybridized carbons (Fsp3) is 0.250. The van der Waals surface area contributed by atoms with Crippen LogP contribution in [-0.2, 0) is 4.84 Å². The molecule has 8 heteroatoms. The summed E-state index contributed by atoms with van der Waals surface area (Å²) < 4.78 is 1.27. The summed E-state index contributed by atoms with van der Waals surface area (Å²) in [7, 11) is 6.68. The standard InChI is InChI=1S/C15H16N2O4.CH5NO/c1-16(2)11-6-4-10(5-7-11)13-8-14(18)12(15(19)20)9-17(13)21-3;1-3-2/h4-9H,1-3H3,(H,19,20);2H2,1H3. The highest BCUT2D eigenvalue weighted by molar-refractivity contribution is 5.87. The number of aromatic carboxylic acids is 1. The van der Waals surface area contributed by atoms with Gasteiger partial charge in [-0.25, -0.2) is 10.7 Å². The van der Waals surface area contributed by atoms with Crippen LogP contribution in [0.1, 0.15) is 10.4 Å². The molecule has 8 nitrogen and oxygen atoms in total. The van der Waals surface area contributed by atoms with Crippen LogP contribution >= 0.6 is 0 Å². The summed E-state index contributed by atoms with van der Waals surface area (Å²) in [6, 6.07) is 8.77. The average molecular weight is 335 g/mol. The molecule has 0 bridgehead atoms. The molecule has 0 unspecified atom stereocenters. The Balaban J connectivity index is 0.000000891. The Bertz CT molecular complexity index is 738. The van der Waals surface area contributed by atoms with Gasteiger partial charge in [-0.05, 0) is 12.1 Å². The topological polar surface area (TPSA) is 107 Å². The van der Waals surface area contributed by atoms with Crippen LogP contribution in [0, 0.1) is 0 Å². The molecular formula is C16H21N3O5. The molecule has 130 valence electrons. The highest BCUT2D eigenvalue weighted by Gasteiger charge is 2.14. The number of pyridine rings is 1. The molecular weight excluding hydrogens is 314 g/mol. The van der Waals surface area contributed by atoms with Gasteiger partial charge in [-0.2, -0.15) is 4.73 Å². The molecule has 0 amide bonds. The van der Waals surface area contributed by atoms with E-state index in [-0.39, 0.29) is 5.56 Å². The maximum absolute atomic E-state index is 11.8. The number of carboxylic acids is 1. The number of benzene rings is 1. The lowest BCUT2D eigenvalue weighted by molar-refractivity contribution is 0.0690. The van der Waals surface area contributed by atoms with Gasteiger partial charge in [0.1, 0.15) is 12.7 Å². The zero-order valence-corrected chi connectivity index (χ0v) is 14.0. The molecule has 0 aliphatic heterocycles. The predicted molar refractivity (Wildman–Crippen MR) is 91.1 cm³/mol. The zero-order valence-electron chi connectivity index (χ0n) is 14.0. The number of anilines is 1. The van der Waals surface area contributed by atoms with Gasteiger partial charge in [0.2, 0.25) is 0 Å². The van der Waals surface area contributed by atoms with E-state index in [0.29, 0.717) is 5.69 Å². The van der Waals surface area contributed by atoms with Crippen molar-refractivity contribution in [2.75, 3.05) is 33.2 Å². The molecule has 0 aliphatic carbocycles. The lowest BCUT2D eigenvalue weighted by Crippen LogP contribution is -2.21.